The summed E-state index contributed by atoms with van der Waals surface area (Å²) < 4.78 is 35.1. The summed E-state index contributed by atoms with van der Waals surface area (Å²) in [6.45, 7) is 5.70. The summed E-state index contributed by atoms with van der Waals surface area (Å²) in [6.07, 6.45) is 0.317. The number of carbonyl (C=O) groups excluding carboxylic acids is 2. The standard InChI is InChI=1S/C35H38ClN3O5S/c1-4-33(35(41)37-23-26(2)3)38(24-27-13-11-12-18-32(27)36)34(40)25-39(45(42,43)31-16-9-6-10-17-31)28-19-21-30(22-20-28)44-29-14-7-5-8-15-29/h5-22,26,33H,4,23-25H2,1-3H3,(H,37,41). The third-order valence-corrected chi connectivity index (χ3v) is 9.24. The smallest absolute Gasteiger partial charge is 0.264 e. The highest BCUT2D eigenvalue weighted by atomic mass is 35.5. The summed E-state index contributed by atoms with van der Waals surface area (Å²) >= 11 is 6.47. The first kappa shape index (κ1) is 33.6. The molecule has 0 saturated heterocycles. The number of para-hydroxylation sites is 1. The number of rotatable bonds is 14. The lowest BCUT2D eigenvalue weighted by molar-refractivity contribution is -0.140. The maximum Gasteiger partial charge on any atom is 0.264 e. The monoisotopic (exact) mass is 647 g/mol. The predicted octanol–water partition coefficient (Wildman–Crippen LogP) is 6.91. The Balaban J connectivity index is 1.71. The van der Waals surface area contributed by atoms with Crippen molar-refractivity contribution in [2.75, 3.05) is 17.4 Å². The molecular formula is C35H38ClN3O5S. The average Bonchev–Trinajstić information content (AvgIpc) is 3.04. The molecule has 1 N–H and O–H groups in total. The topological polar surface area (TPSA) is 96.0 Å². The fraction of sp³-hybridized carbons (Fsp3) is 0.257. The molecule has 0 heterocycles. The van der Waals surface area contributed by atoms with Crippen molar-refractivity contribution in [2.45, 2.75) is 44.7 Å². The van der Waals surface area contributed by atoms with E-state index in [2.05, 4.69) is 5.32 Å². The van der Waals surface area contributed by atoms with Gasteiger partial charge in [0, 0.05) is 18.1 Å². The van der Waals surface area contributed by atoms with Crippen molar-refractivity contribution in [3.63, 3.8) is 0 Å². The third-order valence-electron chi connectivity index (χ3n) is 7.08. The first-order valence-electron chi connectivity index (χ1n) is 14.8. The molecule has 0 bridgehead atoms. The van der Waals surface area contributed by atoms with Gasteiger partial charge in [0.15, 0.2) is 0 Å². The molecule has 0 aliphatic rings. The SMILES string of the molecule is CCC(C(=O)NCC(C)C)N(Cc1ccccc1Cl)C(=O)CN(c1ccc(Oc2ccccc2)cc1)S(=O)(=O)c1ccccc1. The number of carbonyl (C=O) groups is 2. The molecule has 0 aliphatic heterocycles. The Morgan fingerprint density at radius 3 is 2.00 bits per heavy atom. The Kier molecular flexibility index (Phi) is 11.6. The number of ether oxygens (including phenoxy) is 1. The zero-order valence-corrected chi connectivity index (χ0v) is 27.2. The van der Waals surface area contributed by atoms with Crippen LogP contribution in [0.1, 0.15) is 32.8 Å². The van der Waals surface area contributed by atoms with Crippen molar-refractivity contribution in [2.24, 2.45) is 5.92 Å². The van der Waals surface area contributed by atoms with Gasteiger partial charge >= 0.3 is 0 Å². The lowest BCUT2D eigenvalue weighted by Crippen LogP contribution is -2.52. The minimum absolute atomic E-state index is 0.0230. The maximum absolute atomic E-state index is 14.2. The van der Waals surface area contributed by atoms with Crippen molar-refractivity contribution < 1.29 is 22.7 Å². The molecule has 4 aromatic rings. The quantitative estimate of drug-likeness (QED) is 0.161. The second-order valence-electron chi connectivity index (χ2n) is 10.9. The van der Waals surface area contributed by atoms with Crippen LogP contribution in [0.5, 0.6) is 11.5 Å². The number of nitrogens with one attached hydrogen (secondary N) is 1. The molecule has 8 nitrogen and oxygen atoms in total. The maximum atomic E-state index is 14.2. The van der Waals surface area contributed by atoms with Crippen LogP contribution in [-0.2, 0) is 26.2 Å². The number of hydrogen-bond acceptors (Lipinski definition) is 5. The minimum Gasteiger partial charge on any atom is -0.457 e. The van der Waals surface area contributed by atoms with Crippen LogP contribution in [0.2, 0.25) is 5.02 Å². The summed E-state index contributed by atoms with van der Waals surface area (Å²) in [6, 6.07) is 29.9. The molecule has 236 valence electrons. The van der Waals surface area contributed by atoms with Gasteiger partial charge in [-0.25, -0.2) is 8.42 Å². The fourth-order valence-electron chi connectivity index (χ4n) is 4.71. The van der Waals surface area contributed by atoms with E-state index in [1.54, 1.807) is 66.7 Å². The van der Waals surface area contributed by atoms with Crippen LogP contribution in [0.25, 0.3) is 0 Å². The molecular weight excluding hydrogens is 610 g/mol. The molecule has 0 fully saturated rings. The molecule has 1 unspecified atom stereocenters. The van der Waals surface area contributed by atoms with Gasteiger partial charge in [-0.1, -0.05) is 87.0 Å². The van der Waals surface area contributed by atoms with Gasteiger partial charge in [-0.15, -0.1) is 0 Å². The number of halogens is 1. The molecule has 0 aliphatic carbocycles. The van der Waals surface area contributed by atoms with E-state index in [9.17, 15) is 18.0 Å². The predicted molar refractivity (Wildman–Crippen MR) is 178 cm³/mol. The Hall–Kier alpha value is -4.34. The normalized spacial score (nSPS) is 11.9. The Labute approximate surface area is 270 Å². The van der Waals surface area contributed by atoms with Crippen LogP contribution in [0.15, 0.2) is 114 Å². The molecule has 4 aromatic carbocycles. The van der Waals surface area contributed by atoms with Crippen LogP contribution in [0, 0.1) is 5.92 Å². The second kappa shape index (κ2) is 15.6. The molecule has 10 heteroatoms. The van der Waals surface area contributed by atoms with E-state index in [1.165, 1.54) is 17.0 Å². The molecule has 4 rings (SSSR count). The summed E-state index contributed by atoms with van der Waals surface area (Å²) in [5.74, 6) is 0.476. The Bertz CT molecular complexity index is 1670. The van der Waals surface area contributed by atoms with Crippen LogP contribution in [0.4, 0.5) is 5.69 Å². The number of anilines is 1. The van der Waals surface area contributed by atoms with E-state index in [0.717, 1.165) is 4.31 Å². The third kappa shape index (κ3) is 8.86. The van der Waals surface area contributed by atoms with Crippen LogP contribution < -0.4 is 14.4 Å². The molecule has 1 atom stereocenters. The van der Waals surface area contributed by atoms with Gasteiger partial charge in [0.1, 0.15) is 24.1 Å². The number of nitrogens with zero attached hydrogens (tertiary/aromatic N) is 2. The Morgan fingerprint density at radius 2 is 1.40 bits per heavy atom. The van der Waals surface area contributed by atoms with Gasteiger partial charge in [-0.05, 0) is 72.5 Å². The fourth-order valence-corrected chi connectivity index (χ4v) is 6.34. The first-order chi connectivity index (χ1) is 21.6. The van der Waals surface area contributed by atoms with Gasteiger partial charge in [-0.3, -0.25) is 13.9 Å². The highest BCUT2D eigenvalue weighted by Crippen LogP contribution is 2.29. The van der Waals surface area contributed by atoms with Gasteiger partial charge in [0.25, 0.3) is 10.0 Å². The molecule has 2 amide bonds. The summed E-state index contributed by atoms with van der Waals surface area (Å²) in [7, 11) is -4.19. The molecule has 45 heavy (non-hydrogen) atoms. The van der Waals surface area contributed by atoms with Crippen molar-refractivity contribution in [3.8, 4) is 11.5 Å². The average molecular weight is 648 g/mol. The van der Waals surface area contributed by atoms with Crippen molar-refractivity contribution in [1.82, 2.24) is 10.2 Å². The van der Waals surface area contributed by atoms with Gasteiger partial charge in [0.05, 0.1) is 10.6 Å². The lowest BCUT2D eigenvalue weighted by Gasteiger charge is -2.33. The second-order valence-corrected chi connectivity index (χ2v) is 13.2. The van der Waals surface area contributed by atoms with E-state index in [1.807, 2.05) is 51.1 Å². The van der Waals surface area contributed by atoms with E-state index in [4.69, 9.17) is 16.3 Å². The van der Waals surface area contributed by atoms with Crippen molar-refractivity contribution >= 4 is 39.1 Å². The summed E-state index contributed by atoms with van der Waals surface area (Å²) in [4.78, 5) is 29.1. The highest BCUT2D eigenvalue weighted by molar-refractivity contribution is 7.92. The highest BCUT2D eigenvalue weighted by Gasteiger charge is 2.34. The summed E-state index contributed by atoms with van der Waals surface area (Å²) in [5.41, 5.74) is 0.908. The van der Waals surface area contributed by atoms with Gasteiger partial charge in [-0.2, -0.15) is 0 Å². The van der Waals surface area contributed by atoms with Crippen LogP contribution in [-0.4, -0.2) is 44.3 Å². The zero-order chi connectivity index (χ0) is 32.4. The van der Waals surface area contributed by atoms with E-state index in [0.29, 0.717) is 35.1 Å². The number of amides is 2. The Morgan fingerprint density at radius 1 is 0.822 bits per heavy atom. The van der Waals surface area contributed by atoms with Crippen molar-refractivity contribution in [3.05, 3.63) is 120 Å². The van der Waals surface area contributed by atoms with Crippen LogP contribution in [0.3, 0.4) is 0 Å². The van der Waals surface area contributed by atoms with Crippen LogP contribution >= 0.6 is 11.6 Å². The molecule has 0 spiro atoms. The van der Waals surface area contributed by atoms with E-state index >= 15 is 0 Å². The molecule has 0 aromatic heterocycles. The number of sulfonamides is 1. The lowest BCUT2D eigenvalue weighted by atomic mass is 10.1. The van der Waals surface area contributed by atoms with E-state index < -0.39 is 28.5 Å². The minimum atomic E-state index is -4.19. The molecule has 0 saturated carbocycles. The first-order valence-corrected chi connectivity index (χ1v) is 16.6. The summed E-state index contributed by atoms with van der Waals surface area (Å²) in [5, 5.41) is 3.36. The molecule has 0 radical (unpaired) electrons. The number of hydrogen-bond donors (Lipinski definition) is 1. The van der Waals surface area contributed by atoms with Crippen molar-refractivity contribution in [1.29, 1.82) is 0 Å². The van der Waals surface area contributed by atoms with Gasteiger partial charge < -0.3 is 15.0 Å². The van der Waals surface area contributed by atoms with E-state index in [-0.39, 0.29) is 29.0 Å². The zero-order valence-electron chi connectivity index (χ0n) is 25.6. The van der Waals surface area contributed by atoms with Gasteiger partial charge in [0.2, 0.25) is 11.8 Å². The number of benzene rings is 4. The largest absolute Gasteiger partial charge is 0.457 e.